The highest BCUT2D eigenvalue weighted by atomic mass is 32.1. The van der Waals surface area contributed by atoms with Crippen LogP contribution < -0.4 is 4.74 Å². The van der Waals surface area contributed by atoms with Crippen molar-refractivity contribution in [2.75, 3.05) is 6.61 Å². The van der Waals surface area contributed by atoms with Crippen molar-refractivity contribution in [1.29, 1.82) is 0 Å². The molecule has 3 nitrogen and oxygen atoms in total. The van der Waals surface area contributed by atoms with Crippen LogP contribution in [0.3, 0.4) is 0 Å². The Morgan fingerprint density at radius 2 is 2.22 bits per heavy atom. The Kier molecular flexibility index (Phi) is 3.93. The van der Waals surface area contributed by atoms with Crippen molar-refractivity contribution >= 4 is 11.3 Å². The van der Waals surface area contributed by atoms with E-state index in [-0.39, 0.29) is 12.4 Å². The van der Waals surface area contributed by atoms with E-state index < -0.39 is 5.82 Å². The van der Waals surface area contributed by atoms with Crippen LogP contribution in [0.25, 0.3) is 11.3 Å². The van der Waals surface area contributed by atoms with Gasteiger partial charge in [0.2, 0.25) is 0 Å². The van der Waals surface area contributed by atoms with Crippen LogP contribution in [0.4, 0.5) is 4.39 Å². The van der Waals surface area contributed by atoms with E-state index in [1.165, 1.54) is 17.4 Å². The molecule has 0 amide bonds. The van der Waals surface area contributed by atoms with Crippen LogP contribution in [0, 0.1) is 12.7 Å². The number of thiazole rings is 1. The van der Waals surface area contributed by atoms with Crippen molar-refractivity contribution in [3.63, 3.8) is 0 Å². The van der Waals surface area contributed by atoms with E-state index in [9.17, 15) is 4.39 Å². The molecule has 2 rings (SSSR count). The quantitative estimate of drug-likeness (QED) is 0.925. The molecule has 0 aliphatic rings. The number of nitrogens with zero attached hydrogens (tertiary/aromatic N) is 1. The van der Waals surface area contributed by atoms with Gasteiger partial charge in [-0.15, -0.1) is 11.3 Å². The van der Waals surface area contributed by atoms with E-state index in [0.717, 1.165) is 4.88 Å². The van der Waals surface area contributed by atoms with Crippen molar-refractivity contribution in [2.24, 2.45) is 0 Å². The van der Waals surface area contributed by atoms with Gasteiger partial charge in [-0.3, -0.25) is 0 Å². The normalized spacial score (nSPS) is 10.7. The van der Waals surface area contributed by atoms with E-state index in [0.29, 0.717) is 22.9 Å². The highest BCUT2D eigenvalue weighted by Gasteiger charge is 2.12. The minimum Gasteiger partial charge on any atom is -0.491 e. The van der Waals surface area contributed by atoms with Crippen LogP contribution in [-0.4, -0.2) is 16.7 Å². The summed E-state index contributed by atoms with van der Waals surface area (Å²) in [5.41, 5.74) is 1.41. The number of aryl methyl sites for hydroxylation is 1. The Hall–Kier alpha value is -1.46. The summed E-state index contributed by atoms with van der Waals surface area (Å²) in [6.45, 7) is 4.05. The van der Waals surface area contributed by atoms with Gasteiger partial charge in [0.1, 0.15) is 5.01 Å². The first-order chi connectivity index (χ1) is 8.65. The molecule has 0 aliphatic heterocycles. The second-order valence-electron chi connectivity index (χ2n) is 3.75. The number of halogens is 1. The highest BCUT2D eigenvalue weighted by molar-refractivity contribution is 7.12. The molecule has 1 aromatic heterocycles. The van der Waals surface area contributed by atoms with Crippen LogP contribution in [-0.2, 0) is 6.61 Å². The lowest BCUT2D eigenvalue weighted by atomic mass is 10.1. The van der Waals surface area contributed by atoms with Crippen LogP contribution in [0.2, 0.25) is 0 Å². The summed E-state index contributed by atoms with van der Waals surface area (Å²) in [5.74, 6) is -0.149. The fraction of sp³-hybridized carbons (Fsp3) is 0.308. The van der Waals surface area contributed by atoms with E-state index in [1.54, 1.807) is 12.1 Å². The summed E-state index contributed by atoms with van der Waals surface area (Å²) in [4.78, 5) is 5.24. The van der Waals surface area contributed by atoms with Gasteiger partial charge in [-0.05, 0) is 32.0 Å². The van der Waals surface area contributed by atoms with Crippen molar-refractivity contribution in [1.82, 2.24) is 4.98 Å². The Bertz CT molecular complexity index is 554. The van der Waals surface area contributed by atoms with E-state index >= 15 is 0 Å². The predicted molar refractivity (Wildman–Crippen MR) is 69.3 cm³/mol. The van der Waals surface area contributed by atoms with E-state index in [1.807, 2.05) is 13.8 Å². The molecular weight excluding hydrogens is 253 g/mol. The number of aliphatic hydroxyl groups excluding tert-OH is 1. The summed E-state index contributed by atoms with van der Waals surface area (Å²) in [6.07, 6.45) is 0. The molecule has 1 aromatic carbocycles. The van der Waals surface area contributed by atoms with Crippen molar-refractivity contribution in [2.45, 2.75) is 20.5 Å². The zero-order valence-electron chi connectivity index (χ0n) is 10.2. The van der Waals surface area contributed by atoms with E-state index in [2.05, 4.69) is 4.98 Å². The molecule has 0 saturated carbocycles. The first kappa shape index (κ1) is 13.0. The molecular formula is C13H14FNO2S. The third-order valence-electron chi connectivity index (χ3n) is 2.48. The molecule has 0 atom stereocenters. The topological polar surface area (TPSA) is 42.4 Å². The summed E-state index contributed by atoms with van der Waals surface area (Å²) in [5, 5.41) is 9.68. The van der Waals surface area contributed by atoms with Crippen LogP contribution >= 0.6 is 11.3 Å². The standard InChI is InChI=1S/C13H14FNO2S/c1-3-17-11-5-4-9(6-10(11)14)13-8(2)18-12(7-16)15-13/h4-6,16H,3,7H2,1-2H3. The van der Waals surface area contributed by atoms with E-state index in [4.69, 9.17) is 9.84 Å². The molecule has 5 heteroatoms. The molecule has 0 saturated heterocycles. The number of aliphatic hydroxyl groups is 1. The van der Waals surface area contributed by atoms with Gasteiger partial charge in [0.15, 0.2) is 11.6 Å². The summed E-state index contributed by atoms with van der Waals surface area (Å²) >= 11 is 1.41. The highest BCUT2D eigenvalue weighted by Crippen LogP contribution is 2.30. The molecule has 0 unspecified atom stereocenters. The molecule has 96 valence electrons. The third kappa shape index (κ3) is 2.52. The van der Waals surface area contributed by atoms with Crippen molar-refractivity contribution in [3.05, 3.63) is 33.9 Å². The maximum absolute atomic E-state index is 13.7. The SMILES string of the molecule is CCOc1ccc(-c2nc(CO)sc2C)cc1F. The predicted octanol–water partition coefficient (Wildman–Crippen LogP) is 3.15. The first-order valence-electron chi connectivity index (χ1n) is 5.65. The molecule has 2 aromatic rings. The average Bonchev–Trinajstić information content (AvgIpc) is 2.73. The molecule has 0 aliphatic carbocycles. The van der Waals surface area contributed by atoms with Gasteiger partial charge < -0.3 is 9.84 Å². The molecule has 18 heavy (non-hydrogen) atoms. The number of benzene rings is 1. The zero-order valence-corrected chi connectivity index (χ0v) is 11.1. The number of hydrogen-bond acceptors (Lipinski definition) is 4. The minimum atomic E-state index is -0.396. The van der Waals surface area contributed by atoms with Crippen molar-refractivity contribution in [3.8, 4) is 17.0 Å². The lowest BCUT2D eigenvalue weighted by molar-refractivity contribution is 0.281. The molecule has 0 spiro atoms. The second-order valence-corrected chi connectivity index (χ2v) is 5.04. The zero-order chi connectivity index (χ0) is 13.1. The van der Waals surface area contributed by atoms with Gasteiger partial charge in [0, 0.05) is 10.4 Å². The Labute approximate surface area is 109 Å². The Morgan fingerprint density at radius 1 is 1.44 bits per heavy atom. The summed E-state index contributed by atoms with van der Waals surface area (Å²) in [6, 6.07) is 4.79. The number of hydrogen-bond donors (Lipinski definition) is 1. The van der Waals surface area contributed by atoms with Gasteiger partial charge in [-0.1, -0.05) is 0 Å². The Balaban J connectivity index is 2.38. The second kappa shape index (κ2) is 5.46. The Morgan fingerprint density at radius 3 is 2.78 bits per heavy atom. The van der Waals surface area contributed by atoms with Gasteiger partial charge in [0.25, 0.3) is 0 Å². The van der Waals surface area contributed by atoms with Gasteiger partial charge >= 0.3 is 0 Å². The fourth-order valence-electron chi connectivity index (χ4n) is 1.71. The van der Waals surface area contributed by atoms with Crippen molar-refractivity contribution < 1.29 is 14.2 Å². The first-order valence-corrected chi connectivity index (χ1v) is 6.47. The fourth-order valence-corrected chi connectivity index (χ4v) is 2.52. The van der Waals surface area contributed by atoms with Gasteiger partial charge in [0.05, 0.1) is 18.9 Å². The molecule has 1 heterocycles. The third-order valence-corrected chi connectivity index (χ3v) is 3.44. The molecule has 0 radical (unpaired) electrons. The number of aromatic nitrogens is 1. The minimum absolute atomic E-state index is 0.0922. The van der Waals surface area contributed by atoms with Crippen LogP contribution in [0.1, 0.15) is 16.8 Å². The lowest BCUT2D eigenvalue weighted by Gasteiger charge is -2.06. The lowest BCUT2D eigenvalue weighted by Crippen LogP contribution is -1.95. The summed E-state index contributed by atoms with van der Waals surface area (Å²) < 4.78 is 18.9. The molecule has 0 fully saturated rings. The van der Waals surface area contributed by atoms with Crippen LogP contribution in [0.15, 0.2) is 18.2 Å². The average molecular weight is 267 g/mol. The maximum atomic E-state index is 13.7. The molecule has 1 N–H and O–H groups in total. The largest absolute Gasteiger partial charge is 0.491 e. The summed E-state index contributed by atoms with van der Waals surface area (Å²) in [7, 11) is 0. The monoisotopic (exact) mass is 267 g/mol. The van der Waals surface area contributed by atoms with Crippen LogP contribution in [0.5, 0.6) is 5.75 Å². The molecule has 0 bridgehead atoms. The number of rotatable bonds is 4. The van der Waals surface area contributed by atoms with Gasteiger partial charge in [-0.2, -0.15) is 0 Å². The van der Waals surface area contributed by atoms with Gasteiger partial charge in [-0.25, -0.2) is 9.37 Å². The number of ether oxygens (including phenoxy) is 1. The maximum Gasteiger partial charge on any atom is 0.165 e. The smallest absolute Gasteiger partial charge is 0.165 e.